The minimum atomic E-state index is 0.456. The molecule has 1 aliphatic rings. The zero-order valence-electron chi connectivity index (χ0n) is 6.81. The Morgan fingerprint density at radius 2 is 2.20 bits per heavy atom. The van der Waals surface area contributed by atoms with Crippen LogP contribution in [0.1, 0.15) is 20.3 Å². The van der Waals surface area contributed by atoms with Crippen LogP contribution in [0, 0.1) is 5.92 Å². The first-order valence-electron chi connectivity index (χ1n) is 3.65. The molecule has 0 atom stereocenters. The van der Waals surface area contributed by atoms with Gasteiger partial charge in [-0.05, 0) is 0 Å². The third kappa shape index (κ3) is 1.25. The Morgan fingerprint density at radius 1 is 1.50 bits per heavy atom. The van der Waals surface area contributed by atoms with E-state index in [1.165, 1.54) is 0 Å². The van der Waals surface area contributed by atoms with E-state index >= 15 is 0 Å². The number of rotatable bonds is 2. The van der Waals surface area contributed by atoms with Crippen molar-refractivity contribution < 1.29 is 9.47 Å². The van der Waals surface area contributed by atoms with Crippen molar-refractivity contribution in [1.82, 2.24) is 0 Å². The molecule has 0 bridgehead atoms. The van der Waals surface area contributed by atoms with Gasteiger partial charge in [0, 0.05) is 12.3 Å². The summed E-state index contributed by atoms with van der Waals surface area (Å²) in [5.41, 5.74) is 0. The lowest BCUT2D eigenvalue weighted by Crippen LogP contribution is -1.96. The first-order chi connectivity index (χ1) is 4.75. The van der Waals surface area contributed by atoms with Crippen LogP contribution in [0.25, 0.3) is 0 Å². The first-order valence-corrected chi connectivity index (χ1v) is 3.65. The molecule has 0 aliphatic carbocycles. The molecule has 0 aromatic rings. The van der Waals surface area contributed by atoms with E-state index < -0.39 is 0 Å². The summed E-state index contributed by atoms with van der Waals surface area (Å²) in [6, 6.07) is 0. The molecule has 58 valence electrons. The fraction of sp³-hybridized carbons (Fsp3) is 0.750. The average molecular weight is 142 g/mol. The standard InChI is InChI=1S/C8H14O2/c1-6(2)8-7(9-3)4-5-10-8/h6H,4-5H2,1-3H3. The Balaban J connectivity index is 2.68. The number of allylic oxidation sites excluding steroid dienone is 1. The summed E-state index contributed by atoms with van der Waals surface area (Å²) >= 11 is 0. The van der Waals surface area contributed by atoms with Crippen LogP contribution in [0.4, 0.5) is 0 Å². The SMILES string of the molecule is COC1=C(C(C)C)OCC1. The highest BCUT2D eigenvalue weighted by molar-refractivity contribution is 5.08. The molecule has 10 heavy (non-hydrogen) atoms. The summed E-state index contributed by atoms with van der Waals surface area (Å²) in [6.07, 6.45) is 0.935. The van der Waals surface area contributed by atoms with Gasteiger partial charge in [-0.1, -0.05) is 13.8 Å². The minimum Gasteiger partial charge on any atom is -0.497 e. The zero-order valence-corrected chi connectivity index (χ0v) is 6.81. The largest absolute Gasteiger partial charge is 0.497 e. The van der Waals surface area contributed by atoms with E-state index in [4.69, 9.17) is 9.47 Å². The van der Waals surface area contributed by atoms with Gasteiger partial charge in [-0.2, -0.15) is 0 Å². The van der Waals surface area contributed by atoms with Crippen LogP contribution in [0.5, 0.6) is 0 Å². The van der Waals surface area contributed by atoms with Gasteiger partial charge in [-0.15, -0.1) is 0 Å². The van der Waals surface area contributed by atoms with Crippen LogP contribution in [-0.2, 0) is 9.47 Å². The molecule has 2 heteroatoms. The van der Waals surface area contributed by atoms with Gasteiger partial charge in [0.05, 0.1) is 13.7 Å². The van der Waals surface area contributed by atoms with Crippen molar-refractivity contribution >= 4 is 0 Å². The van der Waals surface area contributed by atoms with Gasteiger partial charge in [0.1, 0.15) is 11.5 Å². The summed E-state index contributed by atoms with van der Waals surface area (Å²) in [5.74, 6) is 2.51. The molecule has 0 spiro atoms. The van der Waals surface area contributed by atoms with Crippen LogP contribution < -0.4 is 0 Å². The molecule has 1 heterocycles. The van der Waals surface area contributed by atoms with Crippen molar-refractivity contribution in [3.63, 3.8) is 0 Å². The predicted molar refractivity (Wildman–Crippen MR) is 39.4 cm³/mol. The molecular weight excluding hydrogens is 128 g/mol. The molecule has 0 amide bonds. The summed E-state index contributed by atoms with van der Waals surface area (Å²) in [5, 5.41) is 0. The molecule has 0 unspecified atom stereocenters. The highest BCUT2D eigenvalue weighted by Crippen LogP contribution is 2.25. The van der Waals surface area contributed by atoms with Crippen LogP contribution in [0.15, 0.2) is 11.5 Å². The van der Waals surface area contributed by atoms with E-state index in [0.717, 1.165) is 24.5 Å². The van der Waals surface area contributed by atoms with E-state index in [9.17, 15) is 0 Å². The van der Waals surface area contributed by atoms with Crippen LogP contribution in [0.2, 0.25) is 0 Å². The van der Waals surface area contributed by atoms with Crippen molar-refractivity contribution in [2.75, 3.05) is 13.7 Å². The summed E-state index contributed by atoms with van der Waals surface area (Å²) in [4.78, 5) is 0. The van der Waals surface area contributed by atoms with Gasteiger partial charge >= 0.3 is 0 Å². The maximum absolute atomic E-state index is 5.37. The maximum atomic E-state index is 5.37. The zero-order chi connectivity index (χ0) is 7.56. The Bertz CT molecular complexity index is 147. The van der Waals surface area contributed by atoms with Gasteiger partial charge in [-0.25, -0.2) is 0 Å². The molecule has 0 aromatic carbocycles. The number of methoxy groups -OCH3 is 1. The minimum absolute atomic E-state index is 0.456. The van der Waals surface area contributed by atoms with Gasteiger partial charge in [0.15, 0.2) is 0 Å². The van der Waals surface area contributed by atoms with E-state index in [2.05, 4.69) is 13.8 Å². The summed E-state index contributed by atoms with van der Waals surface area (Å²) in [6.45, 7) is 5.01. The van der Waals surface area contributed by atoms with E-state index in [1.54, 1.807) is 7.11 Å². The average Bonchev–Trinajstić information content (AvgIpc) is 2.33. The highest BCUT2D eigenvalue weighted by Gasteiger charge is 2.18. The van der Waals surface area contributed by atoms with Crippen LogP contribution in [0.3, 0.4) is 0 Å². The first kappa shape index (κ1) is 7.45. The normalized spacial score (nSPS) is 18.0. The topological polar surface area (TPSA) is 18.5 Å². The van der Waals surface area contributed by atoms with Gasteiger partial charge in [-0.3, -0.25) is 0 Å². The maximum Gasteiger partial charge on any atom is 0.137 e. The number of hydrogen-bond acceptors (Lipinski definition) is 2. The van der Waals surface area contributed by atoms with Crippen molar-refractivity contribution in [2.45, 2.75) is 20.3 Å². The lowest BCUT2D eigenvalue weighted by atomic mass is 10.1. The summed E-state index contributed by atoms with van der Waals surface area (Å²) < 4.78 is 10.5. The van der Waals surface area contributed by atoms with Crippen molar-refractivity contribution in [3.05, 3.63) is 11.5 Å². The van der Waals surface area contributed by atoms with E-state index in [-0.39, 0.29) is 0 Å². The lowest BCUT2D eigenvalue weighted by molar-refractivity contribution is 0.211. The van der Waals surface area contributed by atoms with Crippen LogP contribution >= 0.6 is 0 Å². The molecule has 0 aromatic heterocycles. The molecule has 1 aliphatic heterocycles. The molecular formula is C8H14O2. The third-order valence-corrected chi connectivity index (χ3v) is 1.63. The Labute approximate surface area is 61.8 Å². The fourth-order valence-corrected chi connectivity index (χ4v) is 1.15. The second-order valence-corrected chi connectivity index (χ2v) is 2.74. The molecule has 1 rings (SSSR count). The van der Waals surface area contributed by atoms with E-state index in [0.29, 0.717) is 5.92 Å². The van der Waals surface area contributed by atoms with Crippen molar-refractivity contribution in [1.29, 1.82) is 0 Å². The molecule has 0 saturated heterocycles. The van der Waals surface area contributed by atoms with Crippen molar-refractivity contribution in [3.8, 4) is 0 Å². The third-order valence-electron chi connectivity index (χ3n) is 1.63. The fourth-order valence-electron chi connectivity index (χ4n) is 1.15. The Morgan fingerprint density at radius 3 is 2.60 bits per heavy atom. The second kappa shape index (κ2) is 2.95. The summed E-state index contributed by atoms with van der Waals surface area (Å²) in [7, 11) is 1.70. The van der Waals surface area contributed by atoms with Crippen molar-refractivity contribution in [2.24, 2.45) is 5.92 Å². The number of hydrogen-bond donors (Lipinski definition) is 0. The highest BCUT2D eigenvalue weighted by atomic mass is 16.5. The quantitative estimate of drug-likeness (QED) is 0.586. The van der Waals surface area contributed by atoms with E-state index in [1.807, 2.05) is 0 Å². The second-order valence-electron chi connectivity index (χ2n) is 2.74. The monoisotopic (exact) mass is 142 g/mol. The predicted octanol–water partition coefficient (Wildman–Crippen LogP) is 1.92. The smallest absolute Gasteiger partial charge is 0.137 e. The molecule has 0 N–H and O–H groups in total. The lowest BCUT2D eigenvalue weighted by Gasteiger charge is -2.07. The molecule has 0 fully saturated rings. The number of ether oxygens (including phenoxy) is 2. The Hall–Kier alpha value is -0.660. The molecule has 2 nitrogen and oxygen atoms in total. The molecule has 0 saturated carbocycles. The van der Waals surface area contributed by atoms with Gasteiger partial charge in [0.25, 0.3) is 0 Å². The van der Waals surface area contributed by atoms with Gasteiger partial charge in [0.2, 0.25) is 0 Å². The van der Waals surface area contributed by atoms with Crippen LogP contribution in [-0.4, -0.2) is 13.7 Å². The molecule has 0 radical (unpaired) electrons. The Kier molecular flexibility index (Phi) is 2.20. The van der Waals surface area contributed by atoms with Gasteiger partial charge < -0.3 is 9.47 Å².